The molecule has 1 saturated heterocycles. The molecule has 0 amide bonds. The number of hydrogen-bond acceptors (Lipinski definition) is 4. The lowest BCUT2D eigenvalue weighted by molar-refractivity contribution is 0.131. The summed E-state index contributed by atoms with van der Waals surface area (Å²) in [6, 6.07) is 5.08. The number of piperidine rings is 1. The summed E-state index contributed by atoms with van der Waals surface area (Å²) >= 11 is 0. The first kappa shape index (κ1) is 14.2. The van der Waals surface area contributed by atoms with Gasteiger partial charge in [0, 0.05) is 17.6 Å². The third-order valence-electron chi connectivity index (χ3n) is 4.33. The van der Waals surface area contributed by atoms with Crippen molar-refractivity contribution in [1.82, 2.24) is 4.90 Å². The number of hydrogen-bond donors (Lipinski definition) is 3. The van der Waals surface area contributed by atoms with Crippen LogP contribution >= 0.6 is 0 Å². The van der Waals surface area contributed by atoms with Crippen molar-refractivity contribution in [2.24, 2.45) is 11.7 Å². The van der Waals surface area contributed by atoms with Gasteiger partial charge in [0.1, 0.15) is 11.5 Å². The van der Waals surface area contributed by atoms with Crippen LogP contribution < -0.4 is 5.73 Å². The van der Waals surface area contributed by atoms with Crippen molar-refractivity contribution in [3.05, 3.63) is 23.8 Å². The summed E-state index contributed by atoms with van der Waals surface area (Å²) in [5, 5.41) is 19.5. The third kappa shape index (κ3) is 3.19. The van der Waals surface area contributed by atoms with Crippen LogP contribution in [0.3, 0.4) is 0 Å². The number of aromatic hydroxyl groups is 2. The van der Waals surface area contributed by atoms with Crippen molar-refractivity contribution < 1.29 is 10.2 Å². The van der Waals surface area contributed by atoms with E-state index in [9.17, 15) is 10.2 Å². The van der Waals surface area contributed by atoms with E-state index in [4.69, 9.17) is 5.73 Å². The van der Waals surface area contributed by atoms with Gasteiger partial charge in [0.25, 0.3) is 0 Å². The van der Waals surface area contributed by atoms with Gasteiger partial charge in [-0.25, -0.2) is 0 Å². The minimum Gasteiger partial charge on any atom is -0.508 e. The minimum absolute atomic E-state index is 0.112. The molecule has 0 aromatic heterocycles. The third-order valence-corrected chi connectivity index (χ3v) is 4.33. The van der Waals surface area contributed by atoms with E-state index < -0.39 is 0 Å². The fraction of sp³-hybridized carbons (Fsp3) is 0.600. The van der Waals surface area contributed by atoms with Crippen LogP contribution in [0, 0.1) is 5.92 Å². The summed E-state index contributed by atoms with van der Waals surface area (Å²) in [6.45, 7) is 6.12. The molecule has 4 heteroatoms. The molecular formula is C15H24N2O2. The largest absolute Gasteiger partial charge is 0.508 e. The molecule has 0 radical (unpaired) electrons. The standard InChI is InChI=1S/C15H24N2O2/c1-10(16)12-5-7-17(8-6-12)11(2)14-9-13(18)3-4-15(14)19/h3-4,9-12,18-19H,5-8,16H2,1-2H3. The number of phenols is 2. The minimum atomic E-state index is 0.112. The molecule has 106 valence electrons. The van der Waals surface area contributed by atoms with Gasteiger partial charge in [-0.05, 0) is 63.9 Å². The number of nitrogens with two attached hydrogens (primary N) is 1. The number of rotatable bonds is 3. The lowest BCUT2D eigenvalue weighted by Crippen LogP contribution is -2.40. The number of likely N-dealkylation sites (tertiary alicyclic amines) is 1. The van der Waals surface area contributed by atoms with Gasteiger partial charge in [-0.1, -0.05) is 0 Å². The van der Waals surface area contributed by atoms with E-state index in [0.29, 0.717) is 5.92 Å². The summed E-state index contributed by atoms with van der Waals surface area (Å²) in [6.07, 6.45) is 2.20. The van der Waals surface area contributed by atoms with E-state index in [1.807, 2.05) is 0 Å². The van der Waals surface area contributed by atoms with Crippen LogP contribution in [-0.4, -0.2) is 34.2 Å². The zero-order valence-corrected chi connectivity index (χ0v) is 11.7. The SMILES string of the molecule is CC(N)C1CCN(C(C)c2cc(O)ccc2O)CC1. The number of phenolic OH excluding ortho intramolecular Hbond substituents is 2. The molecule has 1 aromatic carbocycles. The molecule has 1 aromatic rings. The van der Waals surface area contributed by atoms with Crippen LogP contribution in [0.4, 0.5) is 0 Å². The molecule has 1 heterocycles. The van der Waals surface area contributed by atoms with Crippen LogP contribution in [0.2, 0.25) is 0 Å². The van der Waals surface area contributed by atoms with E-state index in [1.54, 1.807) is 12.1 Å². The molecule has 1 fully saturated rings. The van der Waals surface area contributed by atoms with Gasteiger partial charge in [0.05, 0.1) is 0 Å². The van der Waals surface area contributed by atoms with Crippen LogP contribution in [-0.2, 0) is 0 Å². The molecule has 1 aliphatic rings. The molecule has 2 rings (SSSR count). The Balaban J connectivity index is 2.05. The molecule has 0 aliphatic carbocycles. The maximum absolute atomic E-state index is 9.92. The Morgan fingerprint density at radius 2 is 1.84 bits per heavy atom. The lowest BCUT2D eigenvalue weighted by atomic mass is 9.89. The first-order chi connectivity index (χ1) is 8.99. The molecule has 19 heavy (non-hydrogen) atoms. The zero-order valence-electron chi connectivity index (χ0n) is 11.7. The summed E-state index contributed by atoms with van der Waals surface area (Å²) in [4.78, 5) is 2.34. The van der Waals surface area contributed by atoms with Gasteiger partial charge < -0.3 is 15.9 Å². The second-order valence-electron chi connectivity index (χ2n) is 5.65. The second kappa shape index (κ2) is 5.80. The molecule has 4 N–H and O–H groups in total. The van der Waals surface area contributed by atoms with E-state index in [0.717, 1.165) is 31.5 Å². The first-order valence-electron chi connectivity index (χ1n) is 7.00. The number of benzene rings is 1. The molecule has 2 atom stereocenters. The zero-order chi connectivity index (χ0) is 14.0. The quantitative estimate of drug-likeness (QED) is 0.732. The number of nitrogens with zero attached hydrogens (tertiary/aromatic N) is 1. The van der Waals surface area contributed by atoms with E-state index in [-0.39, 0.29) is 23.6 Å². The summed E-state index contributed by atoms with van der Waals surface area (Å²) in [5.41, 5.74) is 6.74. The average Bonchev–Trinajstić information content (AvgIpc) is 2.41. The molecular weight excluding hydrogens is 240 g/mol. The monoisotopic (exact) mass is 264 g/mol. The van der Waals surface area contributed by atoms with Crippen LogP contribution in [0.25, 0.3) is 0 Å². The Labute approximate surface area is 114 Å². The van der Waals surface area contributed by atoms with Gasteiger partial charge in [0.2, 0.25) is 0 Å². The highest BCUT2D eigenvalue weighted by Crippen LogP contribution is 2.33. The smallest absolute Gasteiger partial charge is 0.120 e. The second-order valence-corrected chi connectivity index (χ2v) is 5.65. The highest BCUT2D eigenvalue weighted by molar-refractivity contribution is 5.40. The highest BCUT2D eigenvalue weighted by atomic mass is 16.3. The maximum Gasteiger partial charge on any atom is 0.120 e. The molecule has 0 spiro atoms. The van der Waals surface area contributed by atoms with Crippen LogP contribution in [0.15, 0.2) is 18.2 Å². The highest BCUT2D eigenvalue weighted by Gasteiger charge is 2.26. The maximum atomic E-state index is 9.92. The van der Waals surface area contributed by atoms with Crippen molar-refractivity contribution in [2.75, 3.05) is 13.1 Å². The topological polar surface area (TPSA) is 69.7 Å². The van der Waals surface area contributed by atoms with E-state index in [1.165, 1.54) is 6.07 Å². The lowest BCUT2D eigenvalue weighted by Gasteiger charge is -2.37. The molecule has 0 saturated carbocycles. The van der Waals surface area contributed by atoms with Crippen molar-refractivity contribution in [3.8, 4) is 11.5 Å². The van der Waals surface area contributed by atoms with Crippen molar-refractivity contribution in [2.45, 2.75) is 38.8 Å². The fourth-order valence-electron chi connectivity index (χ4n) is 2.91. The molecule has 0 bridgehead atoms. The first-order valence-corrected chi connectivity index (χ1v) is 7.00. The normalized spacial score (nSPS) is 21.2. The van der Waals surface area contributed by atoms with Crippen LogP contribution in [0.1, 0.15) is 38.3 Å². The van der Waals surface area contributed by atoms with Crippen LogP contribution in [0.5, 0.6) is 11.5 Å². The van der Waals surface area contributed by atoms with Gasteiger partial charge in [-0.3, -0.25) is 4.90 Å². The molecule has 4 nitrogen and oxygen atoms in total. The fourth-order valence-corrected chi connectivity index (χ4v) is 2.91. The van der Waals surface area contributed by atoms with Crippen molar-refractivity contribution >= 4 is 0 Å². The van der Waals surface area contributed by atoms with Gasteiger partial charge in [0.15, 0.2) is 0 Å². The Kier molecular flexibility index (Phi) is 4.32. The van der Waals surface area contributed by atoms with Crippen molar-refractivity contribution in [3.63, 3.8) is 0 Å². The van der Waals surface area contributed by atoms with Gasteiger partial charge in [-0.2, -0.15) is 0 Å². The predicted molar refractivity (Wildman–Crippen MR) is 76.1 cm³/mol. The summed E-state index contributed by atoms with van der Waals surface area (Å²) in [7, 11) is 0. The van der Waals surface area contributed by atoms with Gasteiger partial charge in [-0.15, -0.1) is 0 Å². The summed E-state index contributed by atoms with van der Waals surface area (Å²) < 4.78 is 0. The van der Waals surface area contributed by atoms with Crippen molar-refractivity contribution in [1.29, 1.82) is 0 Å². The molecule has 2 unspecified atom stereocenters. The Morgan fingerprint density at radius 3 is 2.42 bits per heavy atom. The molecule has 1 aliphatic heterocycles. The van der Waals surface area contributed by atoms with E-state index in [2.05, 4.69) is 18.7 Å². The Morgan fingerprint density at radius 1 is 1.21 bits per heavy atom. The van der Waals surface area contributed by atoms with E-state index >= 15 is 0 Å². The Bertz CT molecular complexity index is 426. The average molecular weight is 264 g/mol. The summed E-state index contributed by atoms with van der Waals surface area (Å²) in [5.74, 6) is 1.05. The van der Waals surface area contributed by atoms with Gasteiger partial charge >= 0.3 is 0 Å². The Hall–Kier alpha value is -1.26. The predicted octanol–water partition coefficient (Wildman–Crippen LogP) is 2.22.